The predicted octanol–water partition coefficient (Wildman–Crippen LogP) is 4.40. The molecule has 2 aliphatic rings. The predicted molar refractivity (Wildman–Crippen MR) is 92.7 cm³/mol. The van der Waals surface area contributed by atoms with Gasteiger partial charge in [-0.25, -0.2) is 0 Å². The van der Waals surface area contributed by atoms with E-state index in [0.717, 1.165) is 57.8 Å². The summed E-state index contributed by atoms with van der Waals surface area (Å²) in [6, 6.07) is 0. The molecule has 0 unspecified atom stereocenters. The molecule has 4 atom stereocenters. The molecular weight excluding hydrogens is 304 g/mol. The molecule has 0 aromatic carbocycles. The number of ketones is 2. The third-order valence-corrected chi connectivity index (χ3v) is 6.10. The van der Waals surface area contributed by atoms with Crippen LogP contribution in [0.25, 0.3) is 0 Å². The first kappa shape index (κ1) is 19.1. The van der Waals surface area contributed by atoms with E-state index in [2.05, 4.69) is 6.92 Å². The normalized spacial score (nSPS) is 29.7. The molecule has 4 heteroatoms. The number of hydrogen-bond acceptors (Lipinski definition) is 3. The molecule has 0 saturated heterocycles. The monoisotopic (exact) mass is 336 g/mol. The quantitative estimate of drug-likeness (QED) is 0.600. The second-order valence-electron chi connectivity index (χ2n) is 7.70. The Bertz CT molecular complexity index is 457. The number of aliphatic carboxylic acids is 1. The molecule has 0 aromatic rings. The molecule has 2 fully saturated rings. The molecule has 0 aliphatic heterocycles. The first-order valence-corrected chi connectivity index (χ1v) is 9.81. The number of carbonyl (C=O) groups is 3. The summed E-state index contributed by atoms with van der Waals surface area (Å²) >= 11 is 0. The zero-order valence-corrected chi connectivity index (χ0v) is 15.0. The average Bonchev–Trinajstić information content (AvgIpc) is 2.85. The highest BCUT2D eigenvalue weighted by Crippen LogP contribution is 2.48. The summed E-state index contributed by atoms with van der Waals surface area (Å²) in [7, 11) is 0. The molecule has 0 bridgehead atoms. The van der Waals surface area contributed by atoms with Gasteiger partial charge in [0.1, 0.15) is 11.6 Å². The molecule has 2 aliphatic carbocycles. The lowest BCUT2D eigenvalue weighted by atomic mass is 9.69. The highest BCUT2D eigenvalue weighted by Gasteiger charge is 2.48. The van der Waals surface area contributed by atoms with Crippen LogP contribution in [0.5, 0.6) is 0 Å². The summed E-state index contributed by atoms with van der Waals surface area (Å²) in [6.45, 7) is 2.15. The summed E-state index contributed by atoms with van der Waals surface area (Å²) in [5, 5.41) is 8.64. The van der Waals surface area contributed by atoms with Crippen LogP contribution in [0.3, 0.4) is 0 Å². The van der Waals surface area contributed by atoms with Crippen molar-refractivity contribution in [1.29, 1.82) is 0 Å². The van der Waals surface area contributed by atoms with Gasteiger partial charge in [0.15, 0.2) is 0 Å². The number of rotatable bonds is 10. The summed E-state index contributed by atoms with van der Waals surface area (Å²) in [5.74, 6) is 1.07. The summed E-state index contributed by atoms with van der Waals surface area (Å²) in [6.07, 6.45) is 10.2. The van der Waals surface area contributed by atoms with Crippen molar-refractivity contribution < 1.29 is 19.5 Å². The molecule has 0 heterocycles. The highest BCUT2D eigenvalue weighted by atomic mass is 16.4. The van der Waals surface area contributed by atoms with Crippen molar-refractivity contribution in [1.82, 2.24) is 0 Å². The van der Waals surface area contributed by atoms with Gasteiger partial charge in [-0.05, 0) is 37.5 Å². The van der Waals surface area contributed by atoms with Crippen LogP contribution in [0.2, 0.25) is 0 Å². The van der Waals surface area contributed by atoms with Crippen LogP contribution in [-0.4, -0.2) is 22.6 Å². The third kappa shape index (κ3) is 4.90. The maximum atomic E-state index is 12.5. The number of fused-ring (bicyclic) bond motifs is 1. The topological polar surface area (TPSA) is 71.4 Å². The molecule has 0 spiro atoms. The second kappa shape index (κ2) is 9.33. The van der Waals surface area contributed by atoms with Crippen molar-refractivity contribution in [3.05, 3.63) is 0 Å². The molecule has 0 amide bonds. The van der Waals surface area contributed by atoms with Gasteiger partial charge in [0.2, 0.25) is 0 Å². The molecular formula is C20H32O4. The Hall–Kier alpha value is -1.19. The van der Waals surface area contributed by atoms with Crippen molar-refractivity contribution in [2.24, 2.45) is 23.7 Å². The van der Waals surface area contributed by atoms with E-state index in [1.807, 2.05) is 0 Å². The fourth-order valence-electron chi connectivity index (χ4n) is 4.83. The number of carbonyl (C=O) groups excluding carboxylic acids is 2. The SMILES string of the molecule is CCCC[C@H]1C(=O)CC[C@H]2[C@@H]1CC(=O)[C@@H]2CCCCCCC(=O)O. The van der Waals surface area contributed by atoms with Gasteiger partial charge in [0.25, 0.3) is 0 Å². The van der Waals surface area contributed by atoms with Crippen molar-refractivity contribution in [3.8, 4) is 0 Å². The summed E-state index contributed by atoms with van der Waals surface area (Å²) in [5.41, 5.74) is 0. The maximum absolute atomic E-state index is 12.5. The number of Topliss-reactive ketones (excluding diaryl/α,β-unsaturated/α-hetero) is 2. The largest absolute Gasteiger partial charge is 0.481 e. The van der Waals surface area contributed by atoms with Crippen molar-refractivity contribution >= 4 is 17.5 Å². The first-order chi connectivity index (χ1) is 11.5. The van der Waals surface area contributed by atoms with Gasteiger partial charge in [0, 0.05) is 31.1 Å². The lowest BCUT2D eigenvalue weighted by Gasteiger charge is -2.34. The fourth-order valence-corrected chi connectivity index (χ4v) is 4.83. The second-order valence-corrected chi connectivity index (χ2v) is 7.70. The van der Waals surface area contributed by atoms with E-state index in [-0.39, 0.29) is 18.3 Å². The van der Waals surface area contributed by atoms with Gasteiger partial charge in [-0.1, -0.05) is 39.0 Å². The van der Waals surface area contributed by atoms with Crippen LogP contribution in [0.15, 0.2) is 0 Å². The van der Waals surface area contributed by atoms with Gasteiger partial charge in [-0.3, -0.25) is 14.4 Å². The Kier molecular flexibility index (Phi) is 7.44. The van der Waals surface area contributed by atoms with Crippen LogP contribution in [0, 0.1) is 23.7 Å². The van der Waals surface area contributed by atoms with Gasteiger partial charge in [-0.15, -0.1) is 0 Å². The van der Waals surface area contributed by atoms with E-state index in [1.165, 1.54) is 0 Å². The van der Waals surface area contributed by atoms with Gasteiger partial charge < -0.3 is 5.11 Å². The fraction of sp³-hybridized carbons (Fsp3) is 0.850. The first-order valence-electron chi connectivity index (χ1n) is 9.81. The molecule has 24 heavy (non-hydrogen) atoms. The van der Waals surface area contributed by atoms with Crippen LogP contribution in [-0.2, 0) is 14.4 Å². The third-order valence-electron chi connectivity index (χ3n) is 6.10. The molecule has 0 radical (unpaired) electrons. The lowest BCUT2D eigenvalue weighted by Crippen LogP contribution is -2.34. The molecule has 4 nitrogen and oxygen atoms in total. The molecule has 0 aromatic heterocycles. The van der Waals surface area contributed by atoms with Crippen LogP contribution in [0.4, 0.5) is 0 Å². The average molecular weight is 336 g/mol. The maximum Gasteiger partial charge on any atom is 0.303 e. The number of carboxylic acid groups (broad SMARTS) is 1. The van der Waals surface area contributed by atoms with E-state index in [0.29, 0.717) is 36.2 Å². The zero-order valence-electron chi connectivity index (χ0n) is 15.0. The minimum atomic E-state index is -0.728. The van der Waals surface area contributed by atoms with Crippen LogP contribution in [0.1, 0.15) is 84.0 Å². The van der Waals surface area contributed by atoms with E-state index >= 15 is 0 Å². The van der Waals surface area contributed by atoms with Gasteiger partial charge in [0.05, 0.1) is 0 Å². The standard InChI is InChI=1S/C20H32O4/c1-2-3-8-16-17-13-19(22)15(14(17)11-12-18(16)21)9-6-4-5-7-10-20(23)24/h14-17H,2-13H2,1H3,(H,23,24)/t14-,15-,16-,17+/m1/s1. The van der Waals surface area contributed by atoms with E-state index in [9.17, 15) is 14.4 Å². The lowest BCUT2D eigenvalue weighted by molar-refractivity contribution is -0.137. The minimum absolute atomic E-state index is 0.133. The van der Waals surface area contributed by atoms with Crippen molar-refractivity contribution in [2.45, 2.75) is 84.0 Å². The Labute approximate surface area is 145 Å². The van der Waals surface area contributed by atoms with E-state index < -0.39 is 5.97 Å². The van der Waals surface area contributed by atoms with E-state index in [1.54, 1.807) is 0 Å². The Morgan fingerprint density at radius 1 is 0.958 bits per heavy atom. The van der Waals surface area contributed by atoms with Crippen LogP contribution < -0.4 is 0 Å². The molecule has 2 rings (SSSR count). The molecule has 2 saturated carbocycles. The van der Waals surface area contributed by atoms with Crippen molar-refractivity contribution in [2.75, 3.05) is 0 Å². The molecule has 1 N–H and O–H groups in total. The summed E-state index contributed by atoms with van der Waals surface area (Å²) in [4.78, 5) is 35.3. The zero-order chi connectivity index (χ0) is 17.5. The highest BCUT2D eigenvalue weighted by molar-refractivity contribution is 5.88. The smallest absolute Gasteiger partial charge is 0.303 e. The summed E-state index contributed by atoms with van der Waals surface area (Å²) < 4.78 is 0. The Morgan fingerprint density at radius 3 is 2.33 bits per heavy atom. The van der Waals surface area contributed by atoms with E-state index in [4.69, 9.17) is 5.11 Å². The number of unbranched alkanes of at least 4 members (excludes halogenated alkanes) is 4. The van der Waals surface area contributed by atoms with Gasteiger partial charge in [-0.2, -0.15) is 0 Å². The Morgan fingerprint density at radius 2 is 1.62 bits per heavy atom. The van der Waals surface area contributed by atoms with Crippen molar-refractivity contribution in [3.63, 3.8) is 0 Å². The van der Waals surface area contributed by atoms with Crippen LogP contribution >= 0.6 is 0 Å². The number of carboxylic acids is 1. The number of hydrogen-bond donors (Lipinski definition) is 1. The Balaban J connectivity index is 1.81. The van der Waals surface area contributed by atoms with Gasteiger partial charge >= 0.3 is 5.97 Å². The minimum Gasteiger partial charge on any atom is -0.481 e. The molecule has 136 valence electrons.